The van der Waals surface area contributed by atoms with Gasteiger partial charge in [-0.2, -0.15) is 0 Å². The molecule has 5 unspecified atom stereocenters. The van der Waals surface area contributed by atoms with Crippen molar-refractivity contribution in [2.24, 2.45) is 17.1 Å². The van der Waals surface area contributed by atoms with Gasteiger partial charge >= 0.3 is 0 Å². The molecule has 0 bridgehead atoms. The van der Waals surface area contributed by atoms with Crippen molar-refractivity contribution in [2.45, 2.75) is 83.2 Å². The normalized spacial score (nSPS) is 27.9. The molecule has 1 amide bonds. The van der Waals surface area contributed by atoms with Gasteiger partial charge in [-0.1, -0.05) is 58.4 Å². The zero-order valence-electron chi connectivity index (χ0n) is 26.4. The lowest BCUT2D eigenvalue weighted by Crippen LogP contribution is -2.54. The Hall–Kier alpha value is -3.67. The van der Waals surface area contributed by atoms with Crippen molar-refractivity contribution in [1.82, 2.24) is 0 Å². The summed E-state index contributed by atoms with van der Waals surface area (Å²) >= 11 is 0. The molecule has 0 spiro atoms. The SMILES string of the molecule is CC(C)c1ccc2c(c1)CCC1C(C)(C(N)=O)CCCC21C.COc1ccc2c(c1)OC1c3ccc(OC)cc3OCC21. The molecule has 0 radical (unpaired) electrons. The highest BCUT2D eigenvalue weighted by atomic mass is 16.5. The summed E-state index contributed by atoms with van der Waals surface area (Å²) in [5.74, 6) is 4.40. The Bertz CT molecular complexity index is 1530. The molecule has 43 heavy (non-hydrogen) atoms. The summed E-state index contributed by atoms with van der Waals surface area (Å²) in [7, 11) is 3.32. The number of primary amides is 1. The fourth-order valence-electron chi connectivity index (χ4n) is 8.24. The molecular weight excluding hydrogens is 538 g/mol. The lowest BCUT2D eigenvalue weighted by molar-refractivity contribution is -0.135. The minimum Gasteiger partial charge on any atom is -0.497 e. The maximum atomic E-state index is 12.2. The summed E-state index contributed by atoms with van der Waals surface area (Å²) < 4.78 is 22.6. The van der Waals surface area contributed by atoms with Crippen LogP contribution in [0.2, 0.25) is 0 Å². The Kier molecular flexibility index (Phi) is 7.60. The Balaban J connectivity index is 0.000000153. The van der Waals surface area contributed by atoms with Gasteiger partial charge in [-0.05, 0) is 77.8 Å². The lowest BCUT2D eigenvalue weighted by Gasteiger charge is -2.54. The van der Waals surface area contributed by atoms with Crippen LogP contribution in [0.1, 0.15) is 99.1 Å². The zero-order chi connectivity index (χ0) is 30.5. The molecule has 0 aromatic heterocycles. The highest BCUT2D eigenvalue weighted by Crippen LogP contribution is 2.57. The van der Waals surface area contributed by atoms with E-state index in [-0.39, 0.29) is 28.8 Å². The summed E-state index contributed by atoms with van der Waals surface area (Å²) in [6.07, 6.45) is 5.39. The predicted octanol–water partition coefficient (Wildman–Crippen LogP) is 7.62. The van der Waals surface area contributed by atoms with Crippen LogP contribution in [0.4, 0.5) is 0 Å². The molecule has 3 aromatic carbocycles. The topological polar surface area (TPSA) is 80.0 Å². The van der Waals surface area contributed by atoms with Crippen LogP contribution in [-0.2, 0) is 16.6 Å². The van der Waals surface area contributed by atoms with Crippen LogP contribution in [0.3, 0.4) is 0 Å². The molecule has 3 aromatic rings. The average molecular weight is 584 g/mol. The Morgan fingerprint density at radius 1 is 0.930 bits per heavy atom. The summed E-state index contributed by atoms with van der Waals surface area (Å²) in [6.45, 7) is 9.58. The van der Waals surface area contributed by atoms with Gasteiger partial charge in [-0.25, -0.2) is 0 Å². The number of carbonyl (C=O) groups excluding carboxylic acids is 1. The van der Waals surface area contributed by atoms with Crippen molar-refractivity contribution in [2.75, 3.05) is 20.8 Å². The maximum Gasteiger partial charge on any atom is 0.223 e. The third kappa shape index (κ3) is 4.93. The first-order valence-corrected chi connectivity index (χ1v) is 15.7. The van der Waals surface area contributed by atoms with Gasteiger partial charge in [-0.3, -0.25) is 4.79 Å². The second kappa shape index (κ2) is 11.1. The monoisotopic (exact) mass is 583 g/mol. The second-order valence-electron chi connectivity index (χ2n) is 13.5. The van der Waals surface area contributed by atoms with E-state index in [9.17, 15) is 4.79 Å². The van der Waals surface area contributed by atoms with Crippen LogP contribution >= 0.6 is 0 Å². The molecule has 2 N–H and O–H groups in total. The van der Waals surface area contributed by atoms with Gasteiger partial charge in [0.15, 0.2) is 0 Å². The number of carbonyl (C=O) groups is 1. The molecule has 1 fully saturated rings. The molecule has 2 heterocycles. The number of hydrogen-bond acceptors (Lipinski definition) is 5. The number of benzene rings is 3. The Morgan fingerprint density at radius 2 is 1.63 bits per heavy atom. The number of amides is 1. The highest BCUT2D eigenvalue weighted by molar-refractivity contribution is 5.81. The Morgan fingerprint density at radius 3 is 2.30 bits per heavy atom. The van der Waals surface area contributed by atoms with Crippen molar-refractivity contribution in [3.63, 3.8) is 0 Å². The molecule has 228 valence electrons. The van der Waals surface area contributed by atoms with Crippen LogP contribution in [-0.4, -0.2) is 26.7 Å². The Labute approximate surface area is 255 Å². The first-order chi connectivity index (χ1) is 20.6. The van der Waals surface area contributed by atoms with Gasteiger partial charge < -0.3 is 24.7 Å². The number of methoxy groups -OCH3 is 2. The van der Waals surface area contributed by atoms with Gasteiger partial charge in [0.25, 0.3) is 0 Å². The number of rotatable bonds is 4. The van der Waals surface area contributed by atoms with Crippen LogP contribution in [0.25, 0.3) is 0 Å². The largest absolute Gasteiger partial charge is 0.497 e. The minimum absolute atomic E-state index is 0.00163. The minimum atomic E-state index is -0.346. The standard InChI is InChI=1S/C20H29NO.C17H16O4/c1-13(2)14-6-8-16-15(12-14)7-9-17-19(16,3)10-5-11-20(17,4)18(21)22;1-18-10-4-6-13-15(7-10)20-9-14-12-5-3-11(19-2)8-16(12)21-17(13)14/h6,8,12-13,17H,5,7,9-11H2,1-4H3,(H2,21,22);3-8,14,17H,9H2,1-2H3. The maximum absolute atomic E-state index is 12.2. The first kappa shape index (κ1) is 29.4. The van der Waals surface area contributed by atoms with E-state index >= 15 is 0 Å². The third-order valence-electron chi connectivity index (χ3n) is 10.8. The number of ether oxygens (including phenoxy) is 4. The molecular formula is C37H45NO5. The zero-order valence-corrected chi connectivity index (χ0v) is 26.4. The summed E-state index contributed by atoms with van der Waals surface area (Å²) in [5.41, 5.74) is 12.2. The van der Waals surface area contributed by atoms with Gasteiger partial charge in [0.1, 0.15) is 29.1 Å². The van der Waals surface area contributed by atoms with Crippen molar-refractivity contribution in [3.05, 3.63) is 82.4 Å². The fraction of sp³-hybridized carbons (Fsp3) is 0.486. The van der Waals surface area contributed by atoms with Gasteiger partial charge in [0.2, 0.25) is 5.91 Å². The van der Waals surface area contributed by atoms with E-state index in [4.69, 9.17) is 24.7 Å². The molecule has 6 nitrogen and oxygen atoms in total. The van der Waals surface area contributed by atoms with Gasteiger partial charge in [0, 0.05) is 28.7 Å². The van der Waals surface area contributed by atoms with E-state index in [1.165, 1.54) is 28.7 Å². The number of nitrogens with two attached hydrogens (primary N) is 1. The van der Waals surface area contributed by atoms with Crippen molar-refractivity contribution >= 4 is 5.91 Å². The van der Waals surface area contributed by atoms with Gasteiger partial charge in [0.05, 0.1) is 26.7 Å². The molecule has 5 atom stereocenters. The molecule has 6 heteroatoms. The molecule has 1 saturated carbocycles. The average Bonchev–Trinajstić information content (AvgIpc) is 3.38. The first-order valence-electron chi connectivity index (χ1n) is 15.7. The number of aryl methyl sites for hydroxylation is 1. The molecule has 0 saturated heterocycles. The van der Waals surface area contributed by atoms with E-state index in [1.54, 1.807) is 14.2 Å². The summed E-state index contributed by atoms with van der Waals surface area (Å²) in [5, 5.41) is 0. The number of hydrogen-bond donors (Lipinski definition) is 1. The predicted molar refractivity (Wildman–Crippen MR) is 168 cm³/mol. The highest BCUT2D eigenvalue weighted by Gasteiger charge is 2.54. The smallest absolute Gasteiger partial charge is 0.223 e. The van der Waals surface area contributed by atoms with E-state index < -0.39 is 0 Å². The van der Waals surface area contributed by atoms with E-state index in [1.807, 2.05) is 30.3 Å². The van der Waals surface area contributed by atoms with Gasteiger partial charge in [-0.15, -0.1) is 0 Å². The van der Waals surface area contributed by atoms with Crippen LogP contribution in [0.5, 0.6) is 23.0 Å². The van der Waals surface area contributed by atoms with Crippen LogP contribution in [0, 0.1) is 11.3 Å². The summed E-state index contributed by atoms with van der Waals surface area (Å²) in [4.78, 5) is 12.2. The number of fused-ring (bicyclic) bond motifs is 8. The molecule has 2 aliphatic heterocycles. The molecule has 2 aliphatic carbocycles. The van der Waals surface area contributed by atoms with E-state index in [0.717, 1.165) is 54.2 Å². The van der Waals surface area contributed by atoms with Crippen molar-refractivity contribution < 1.29 is 23.7 Å². The quantitative estimate of drug-likeness (QED) is 0.342. The van der Waals surface area contributed by atoms with Crippen molar-refractivity contribution in [1.29, 1.82) is 0 Å². The fourth-order valence-corrected chi connectivity index (χ4v) is 8.24. The molecule has 4 aliphatic rings. The van der Waals surface area contributed by atoms with E-state index in [0.29, 0.717) is 18.4 Å². The summed E-state index contributed by atoms with van der Waals surface area (Å²) in [6, 6.07) is 18.9. The van der Waals surface area contributed by atoms with E-state index in [2.05, 4.69) is 52.0 Å². The van der Waals surface area contributed by atoms with Crippen LogP contribution < -0.4 is 24.7 Å². The lowest BCUT2D eigenvalue weighted by atomic mass is 9.49. The third-order valence-corrected chi connectivity index (χ3v) is 10.8. The van der Waals surface area contributed by atoms with Crippen LogP contribution in [0.15, 0.2) is 54.6 Å². The van der Waals surface area contributed by atoms with Crippen molar-refractivity contribution in [3.8, 4) is 23.0 Å². The second-order valence-corrected chi connectivity index (χ2v) is 13.5. The molecule has 7 rings (SSSR count).